The molecule has 0 aliphatic carbocycles. The molecule has 1 N–H and O–H groups in total. The van der Waals surface area contributed by atoms with Crippen molar-refractivity contribution in [2.24, 2.45) is 0 Å². The number of nitrogens with zero attached hydrogens (tertiary/aromatic N) is 1. The van der Waals surface area contributed by atoms with Crippen LogP contribution in [0, 0.1) is 10.1 Å². The van der Waals surface area contributed by atoms with Crippen molar-refractivity contribution in [1.29, 1.82) is 0 Å². The van der Waals surface area contributed by atoms with E-state index in [1.54, 1.807) is 12.1 Å². The Bertz CT molecular complexity index is 449. The Balaban J connectivity index is 2.67. The van der Waals surface area contributed by atoms with Crippen LogP contribution in [-0.4, -0.2) is 24.6 Å². The summed E-state index contributed by atoms with van der Waals surface area (Å²) in [6.45, 7) is 7.57. The highest BCUT2D eigenvalue weighted by atomic mass is 79.9. The van der Waals surface area contributed by atoms with Gasteiger partial charge in [0.2, 0.25) is 0 Å². The number of benzene rings is 1. The maximum atomic E-state index is 10.9. The summed E-state index contributed by atoms with van der Waals surface area (Å²) in [4.78, 5) is 10.4. The molecule has 1 aromatic rings. The topological polar surface area (TPSA) is 64.4 Å². The van der Waals surface area contributed by atoms with Crippen LogP contribution >= 0.6 is 15.9 Å². The van der Waals surface area contributed by atoms with Gasteiger partial charge in [-0.3, -0.25) is 10.1 Å². The second-order valence-corrected chi connectivity index (χ2v) is 4.60. The Kier molecular flexibility index (Phi) is 5.80. The number of rotatable bonds is 7. The van der Waals surface area contributed by atoms with Crippen molar-refractivity contribution < 1.29 is 9.66 Å². The normalized spacial score (nSPS) is 10.1. The molecule has 5 nitrogen and oxygen atoms in total. The molecule has 0 fully saturated rings. The average molecular weight is 315 g/mol. The van der Waals surface area contributed by atoms with Gasteiger partial charge in [0.05, 0.1) is 4.92 Å². The molecular weight excluding hydrogens is 300 g/mol. The highest BCUT2D eigenvalue weighted by Crippen LogP contribution is 2.30. The molecule has 0 saturated carbocycles. The third-order valence-electron chi connectivity index (χ3n) is 2.17. The van der Waals surface area contributed by atoms with Crippen LogP contribution in [0.4, 0.5) is 5.69 Å². The van der Waals surface area contributed by atoms with E-state index in [-0.39, 0.29) is 18.0 Å². The number of ether oxygens (including phenoxy) is 1. The zero-order chi connectivity index (χ0) is 13.5. The summed E-state index contributed by atoms with van der Waals surface area (Å²) in [6.07, 6.45) is 0. The van der Waals surface area contributed by atoms with Gasteiger partial charge in [0, 0.05) is 17.1 Å². The summed E-state index contributed by atoms with van der Waals surface area (Å²) in [5.41, 5.74) is 0.787. The van der Waals surface area contributed by atoms with Crippen LogP contribution in [0.25, 0.3) is 0 Å². The van der Waals surface area contributed by atoms with Gasteiger partial charge in [-0.25, -0.2) is 0 Å². The number of hydrogen-bond acceptors (Lipinski definition) is 4. The van der Waals surface area contributed by atoms with Gasteiger partial charge in [0.25, 0.3) is 0 Å². The van der Waals surface area contributed by atoms with Crippen molar-refractivity contribution in [3.8, 4) is 5.75 Å². The molecule has 0 heterocycles. The minimum Gasteiger partial charge on any atom is -0.482 e. The van der Waals surface area contributed by atoms with E-state index in [2.05, 4.69) is 27.8 Å². The second-order valence-electron chi connectivity index (χ2n) is 3.69. The summed E-state index contributed by atoms with van der Waals surface area (Å²) >= 11 is 3.19. The van der Waals surface area contributed by atoms with Gasteiger partial charge in [-0.05, 0) is 24.3 Å². The third kappa shape index (κ3) is 4.46. The molecule has 6 heteroatoms. The average Bonchev–Trinajstić information content (AvgIpc) is 2.34. The van der Waals surface area contributed by atoms with Crippen molar-refractivity contribution in [3.63, 3.8) is 0 Å². The summed E-state index contributed by atoms with van der Waals surface area (Å²) in [6, 6.07) is 4.69. The fraction of sp³-hybridized carbons (Fsp3) is 0.333. The highest BCUT2D eigenvalue weighted by molar-refractivity contribution is 9.10. The Morgan fingerprint density at radius 3 is 2.94 bits per heavy atom. The van der Waals surface area contributed by atoms with E-state index >= 15 is 0 Å². The molecule has 0 unspecified atom stereocenters. The predicted octanol–water partition coefficient (Wildman–Crippen LogP) is 2.90. The first-order chi connectivity index (χ1) is 8.54. The first-order valence-corrected chi connectivity index (χ1v) is 6.28. The first-order valence-electron chi connectivity index (χ1n) is 5.48. The molecule has 0 aliphatic heterocycles. The van der Waals surface area contributed by atoms with E-state index in [1.165, 1.54) is 6.07 Å². The fourth-order valence-corrected chi connectivity index (χ4v) is 1.64. The molecule has 98 valence electrons. The lowest BCUT2D eigenvalue weighted by molar-refractivity contribution is -0.385. The Morgan fingerprint density at radius 1 is 1.61 bits per heavy atom. The number of hydrogen-bond donors (Lipinski definition) is 1. The molecule has 0 aromatic heterocycles. The lowest BCUT2D eigenvalue weighted by atomic mass is 10.3. The van der Waals surface area contributed by atoms with Crippen molar-refractivity contribution in [3.05, 3.63) is 44.9 Å². The van der Waals surface area contributed by atoms with Crippen LogP contribution in [0.2, 0.25) is 0 Å². The monoisotopic (exact) mass is 314 g/mol. The van der Waals surface area contributed by atoms with Gasteiger partial charge < -0.3 is 10.1 Å². The molecule has 0 spiro atoms. The third-order valence-corrected chi connectivity index (χ3v) is 2.67. The lowest BCUT2D eigenvalue weighted by Crippen LogP contribution is -2.19. The summed E-state index contributed by atoms with van der Waals surface area (Å²) in [7, 11) is 0. The molecule has 1 rings (SSSR count). The van der Waals surface area contributed by atoms with Crippen molar-refractivity contribution in [2.45, 2.75) is 6.92 Å². The van der Waals surface area contributed by atoms with Crippen molar-refractivity contribution in [1.82, 2.24) is 5.32 Å². The molecule has 0 radical (unpaired) electrons. The Hall–Kier alpha value is -1.40. The van der Waals surface area contributed by atoms with Gasteiger partial charge in [-0.1, -0.05) is 29.4 Å². The van der Waals surface area contributed by atoms with Crippen LogP contribution < -0.4 is 10.1 Å². The van der Waals surface area contributed by atoms with Gasteiger partial charge >= 0.3 is 5.69 Å². The fourth-order valence-electron chi connectivity index (χ4n) is 1.29. The number of nitro groups is 1. The zero-order valence-corrected chi connectivity index (χ0v) is 11.7. The van der Waals surface area contributed by atoms with E-state index in [4.69, 9.17) is 4.74 Å². The largest absolute Gasteiger partial charge is 0.482 e. The van der Waals surface area contributed by atoms with E-state index < -0.39 is 4.92 Å². The second kappa shape index (κ2) is 7.13. The van der Waals surface area contributed by atoms with Crippen LogP contribution in [0.3, 0.4) is 0 Å². The zero-order valence-electron chi connectivity index (χ0n) is 10.1. The quantitative estimate of drug-likeness (QED) is 0.477. The van der Waals surface area contributed by atoms with Crippen LogP contribution in [-0.2, 0) is 0 Å². The van der Waals surface area contributed by atoms with Crippen LogP contribution in [0.5, 0.6) is 5.75 Å². The number of nitrogens with one attached hydrogen (secondary N) is 1. The standard InChI is InChI=1S/C12H15BrN2O3/c1-3-14-7-9(2)8-18-12-5-4-10(13)6-11(12)15(16)17/h4-6,14H,2-3,7-8H2,1H3. The first kappa shape index (κ1) is 14.7. The highest BCUT2D eigenvalue weighted by Gasteiger charge is 2.15. The molecule has 1 aromatic carbocycles. The maximum absolute atomic E-state index is 10.9. The van der Waals surface area contributed by atoms with E-state index in [0.717, 1.165) is 12.1 Å². The SMILES string of the molecule is C=C(CNCC)COc1ccc(Br)cc1[N+](=O)[O-]. The molecule has 18 heavy (non-hydrogen) atoms. The van der Waals surface area contributed by atoms with Gasteiger partial charge in [-0.15, -0.1) is 0 Å². The smallest absolute Gasteiger partial charge is 0.312 e. The Morgan fingerprint density at radius 2 is 2.33 bits per heavy atom. The summed E-state index contributed by atoms with van der Waals surface area (Å²) in [5.74, 6) is 0.251. The predicted molar refractivity (Wildman–Crippen MR) is 74.0 cm³/mol. The molecule has 0 amide bonds. The van der Waals surface area contributed by atoms with Gasteiger partial charge in [0.1, 0.15) is 6.61 Å². The summed E-state index contributed by atoms with van der Waals surface area (Å²) < 4.78 is 6.06. The van der Waals surface area contributed by atoms with Crippen LogP contribution in [0.15, 0.2) is 34.8 Å². The van der Waals surface area contributed by atoms with Crippen molar-refractivity contribution in [2.75, 3.05) is 19.7 Å². The summed E-state index contributed by atoms with van der Waals surface area (Å²) in [5, 5.41) is 14.0. The van der Waals surface area contributed by atoms with E-state index in [9.17, 15) is 10.1 Å². The number of halogens is 1. The van der Waals surface area contributed by atoms with Gasteiger partial charge in [0.15, 0.2) is 5.75 Å². The molecular formula is C12H15BrN2O3. The molecule has 0 saturated heterocycles. The van der Waals surface area contributed by atoms with Gasteiger partial charge in [-0.2, -0.15) is 0 Å². The molecule has 0 aliphatic rings. The van der Waals surface area contributed by atoms with Crippen molar-refractivity contribution >= 4 is 21.6 Å². The lowest BCUT2D eigenvalue weighted by Gasteiger charge is -2.09. The van der Waals surface area contributed by atoms with Crippen LogP contribution in [0.1, 0.15) is 6.92 Å². The minimum atomic E-state index is -0.465. The maximum Gasteiger partial charge on any atom is 0.312 e. The van der Waals surface area contributed by atoms with E-state index in [1.807, 2.05) is 6.92 Å². The van der Waals surface area contributed by atoms with E-state index in [0.29, 0.717) is 11.0 Å². The molecule has 0 atom stereocenters. The minimum absolute atomic E-state index is 0.0550. The molecule has 0 bridgehead atoms. The number of nitro benzene ring substituents is 1. The Labute approximate surface area is 114 Å². The number of likely N-dealkylation sites (N-methyl/N-ethyl adjacent to an activating group) is 1.